The zero-order valence-corrected chi connectivity index (χ0v) is 10.9. The maximum absolute atomic E-state index is 4.44. The van der Waals surface area contributed by atoms with Crippen LogP contribution >= 0.6 is 11.3 Å². The van der Waals surface area contributed by atoms with Gasteiger partial charge in [-0.25, -0.2) is 4.98 Å². The monoisotopic (exact) mass is 251 g/mol. The molecule has 0 saturated carbocycles. The van der Waals surface area contributed by atoms with Crippen molar-refractivity contribution in [3.05, 3.63) is 23.5 Å². The third kappa shape index (κ3) is 2.97. The van der Waals surface area contributed by atoms with Crippen molar-refractivity contribution in [1.82, 2.24) is 15.2 Å². The zero-order chi connectivity index (χ0) is 12.1. The number of anilines is 2. The van der Waals surface area contributed by atoms with Gasteiger partial charge in [0.2, 0.25) is 0 Å². The second kappa shape index (κ2) is 5.67. The maximum Gasteiger partial charge on any atom is 0.185 e. The summed E-state index contributed by atoms with van der Waals surface area (Å²) in [5.41, 5.74) is 1.00. The predicted molar refractivity (Wildman–Crippen MR) is 71.6 cm³/mol. The van der Waals surface area contributed by atoms with Crippen LogP contribution in [0.5, 0.6) is 0 Å². The number of thiazole rings is 1. The minimum Gasteiger partial charge on any atom is -0.378 e. The number of aromatic amines is 1. The van der Waals surface area contributed by atoms with E-state index < -0.39 is 0 Å². The molecular formula is C11H17N5S. The Kier molecular flexibility index (Phi) is 3.98. The molecule has 0 radical (unpaired) electrons. The Balaban J connectivity index is 1.94. The summed E-state index contributed by atoms with van der Waals surface area (Å²) in [7, 11) is 0. The Morgan fingerprint density at radius 2 is 2.18 bits per heavy atom. The van der Waals surface area contributed by atoms with Crippen molar-refractivity contribution in [3.63, 3.8) is 0 Å². The average Bonchev–Trinajstić information content (AvgIpc) is 2.99. The Labute approximate surface area is 105 Å². The Morgan fingerprint density at radius 1 is 1.35 bits per heavy atom. The SMILES string of the molecule is CCN(CC)c1ncc(CNc2cn[nH]c2)s1. The maximum atomic E-state index is 4.44. The number of aromatic nitrogens is 3. The smallest absolute Gasteiger partial charge is 0.185 e. The van der Waals surface area contributed by atoms with Gasteiger partial charge in [-0.2, -0.15) is 5.10 Å². The number of nitrogens with one attached hydrogen (secondary N) is 2. The van der Waals surface area contributed by atoms with E-state index >= 15 is 0 Å². The van der Waals surface area contributed by atoms with Crippen LogP contribution in [-0.4, -0.2) is 28.3 Å². The van der Waals surface area contributed by atoms with Crippen LogP contribution in [-0.2, 0) is 6.54 Å². The molecule has 0 fully saturated rings. The summed E-state index contributed by atoms with van der Waals surface area (Å²) in [5.74, 6) is 0. The molecule has 0 saturated heterocycles. The molecule has 0 bridgehead atoms. The molecule has 17 heavy (non-hydrogen) atoms. The molecule has 0 unspecified atom stereocenters. The first-order valence-corrected chi connectivity index (χ1v) is 6.57. The van der Waals surface area contributed by atoms with E-state index in [9.17, 15) is 0 Å². The highest BCUT2D eigenvalue weighted by Gasteiger charge is 2.07. The van der Waals surface area contributed by atoms with Crippen molar-refractivity contribution in [2.75, 3.05) is 23.3 Å². The fourth-order valence-electron chi connectivity index (χ4n) is 1.56. The van der Waals surface area contributed by atoms with Crippen molar-refractivity contribution in [2.45, 2.75) is 20.4 Å². The molecule has 0 atom stereocenters. The van der Waals surface area contributed by atoms with E-state index in [1.807, 2.05) is 12.4 Å². The third-order valence-electron chi connectivity index (χ3n) is 2.54. The highest BCUT2D eigenvalue weighted by Crippen LogP contribution is 2.22. The van der Waals surface area contributed by atoms with Crippen LogP contribution in [0, 0.1) is 0 Å². The molecule has 0 aromatic carbocycles. The first-order chi connectivity index (χ1) is 8.33. The summed E-state index contributed by atoms with van der Waals surface area (Å²) < 4.78 is 0. The average molecular weight is 251 g/mol. The van der Waals surface area contributed by atoms with Gasteiger partial charge >= 0.3 is 0 Å². The molecule has 0 amide bonds. The zero-order valence-electron chi connectivity index (χ0n) is 10.1. The fraction of sp³-hybridized carbons (Fsp3) is 0.455. The van der Waals surface area contributed by atoms with Crippen molar-refractivity contribution in [1.29, 1.82) is 0 Å². The minimum absolute atomic E-state index is 0.790. The topological polar surface area (TPSA) is 56.8 Å². The number of H-pyrrole nitrogens is 1. The van der Waals surface area contributed by atoms with E-state index in [2.05, 4.69) is 39.2 Å². The summed E-state index contributed by atoms with van der Waals surface area (Å²) in [6.07, 6.45) is 5.55. The predicted octanol–water partition coefficient (Wildman–Crippen LogP) is 2.32. The van der Waals surface area contributed by atoms with Gasteiger partial charge in [-0.1, -0.05) is 0 Å². The standard InChI is InChI=1S/C11H17N5S/c1-3-16(4-2)11-13-8-10(17-11)7-12-9-5-14-15-6-9/h5-6,8,12H,3-4,7H2,1-2H3,(H,14,15). The van der Waals surface area contributed by atoms with Crippen LogP contribution in [0.2, 0.25) is 0 Å². The number of hydrogen-bond acceptors (Lipinski definition) is 5. The molecule has 2 rings (SSSR count). The summed E-state index contributed by atoms with van der Waals surface area (Å²) in [4.78, 5) is 7.92. The van der Waals surface area contributed by atoms with Gasteiger partial charge < -0.3 is 10.2 Å². The normalized spacial score (nSPS) is 10.5. The molecule has 92 valence electrons. The second-order valence-corrected chi connectivity index (χ2v) is 4.72. The molecule has 2 heterocycles. The lowest BCUT2D eigenvalue weighted by atomic mass is 10.5. The minimum atomic E-state index is 0.790. The van der Waals surface area contributed by atoms with Crippen LogP contribution in [0.25, 0.3) is 0 Å². The summed E-state index contributed by atoms with van der Waals surface area (Å²) >= 11 is 1.73. The van der Waals surface area contributed by atoms with Crippen LogP contribution in [0.1, 0.15) is 18.7 Å². The Bertz CT molecular complexity index is 432. The summed E-state index contributed by atoms with van der Waals surface area (Å²) in [6.45, 7) is 7.08. The van der Waals surface area contributed by atoms with E-state index in [1.165, 1.54) is 4.88 Å². The van der Waals surface area contributed by atoms with Crippen molar-refractivity contribution < 1.29 is 0 Å². The second-order valence-electron chi connectivity index (χ2n) is 3.62. The van der Waals surface area contributed by atoms with Gasteiger partial charge in [0.15, 0.2) is 5.13 Å². The third-order valence-corrected chi connectivity index (χ3v) is 3.60. The van der Waals surface area contributed by atoms with Gasteiger partial charge in [-0.05, 0) is 13.8 Å². The number of nitrogens with zero attached hydrogens (tertiary/aromatic N) is 3. The molecule has 0 aliphatic rings. The van der Waals surface area contributed by atoms with E-state index in [4.69, 9.17) is 0 Å². The molecule has 0 aliphatic carbocycles. The van der Waals surface area contributed by atoms with E-state index in [0.717, 1.165) is 30.5 Å². The van der Waals surface area contributed by atoms with Gasteiger partial charge in [0.25, 0.3) is 0 Å². The molecule has 2 N–H and O–H groups in total. The quantitative estimate of drug-likeness (QED) is 0.827. The first-order valence-electron chi connectivity index (χ1n) is 5.75. The van der Waals surface area contributed by atoms with Crippen molar-refractivity contribution in [2.24, 2.45) is 0 Å². The van der Waals surface area contributed by atoms with Gasteiger partial charge in [0, 0.05) is 30.4 Å². The molecular weight excluding hydrogens is 234 g/mol. The van der Waals surface area contributed by atoms with E-state index in [1.54, 1.807) is 17.5 Å². The lowest BCUT2D eigenvalue weighted by Gasteiger charge is -2.16. The summed E-state index contributed by atoms with van der Waals surface area (Å²) in [6, 6.07) is 0. The number of rotatable bonds is 6. The van der Waals surface area contributed by atoms with Crippen LogP contribution < -0.4 is 10.2 Å². The largest absolute Gasteiger partial charge is 0.378 e. The molecule has 2 aromatic heterocycles. The lowest BCUT2D eigenvalue weighted by molar-refractivity contribution is 0.860. The van der Waals surface area contributed by atoms with Gasteiger partial charge in [0.1, 0.15) is 0 Å². The highest BCUT2D eigenvalue weighted by molar-refractivity contribution is 7.15. The van der Waals surface area contributed by atoms with Crippen LogP contribution in [0.15, 0.2) is 18.6 Å². The first kappa shape index (κ1) is 11.9. The molecule has 0 spiro atoms. The molecule has 6 heteroatoms. The van der Waals surface area contributed by atoms with Gasteiger partial charge in [-0.3, -0.25) is 5.10 Å². The van der Waals surface area contributed by atoms with Crippen LogP contribution in [0.3, 0.4) is 0 Å². The lowest BCUT2D eigenvalue weighted by Crippen LogP contribution is -2.21. The number of hydrogen-bond donors (Lipinski definition) is 2. The molecule has 5 nitrogen and oxygen atoms in total. The molecule has 2 aromatic rings. The van der Waals surface area contributed by atoms with Crippen LogP contribution in [0.4, 0.5) is 10.8 Å². The van der Waals surface area contributed by atoms with E-state index in [-0.39, 0.29) is 0 Å². The fourth-order valence-corrected chi connectivity index (χ4v) is 2.53. The molecule has 0 aliphatic heterocycles. The van der Waals surface area contributed by atoms with Gasteiger partial charge in [-0.15, -0.1) is 11.3 Å². The van der Waals surface area contributed by atoms with E-state index in [0.29, 0.717) is 0 Å². The highest BCUT2D eigenvalue weighted by atomic mass is 32.1. The van der Waals surface area contributed by atoms with Gasteiger partial charge in [0.05, 0.1) is 18.4 Å². The summed E-state index contributed by atoms with van der Waals surface area (Å²) in [5, 5.41) is 11.0. The Morgan fingerprint density at radius 3 is 2.82 bits per heavy atom. The van der Waals surface area contributed by atoms with Crippen molar-refractivity contribution in [3.8, 4) is 0 Å². The Hall–Kier alpha value is -1.56. The van der Waals surface area contributed by atoms with Crippen molar-refractivity contribution >= 4 is 22.2 Å².